The Kier molecular flexibility index (Phi) is 9.02. The second-order valence-electron chi connectivity index (χ2n) is 9.39. The van der Waals surface area contributed by atoms with Gasteiger partial charge in [0.15, 0.2) is 11.5 Å². The Balaban J connectivity index is 1.90. The van der Waals surface area contributed by atoms with Gasteiger partial charge in [0.25, 0.3) is 5.91 Å². The summed E-state index contributed by atoms with van der Waals surface area (Å²) in [5.41, 5.74) is 3.52. The molecule has 1 aromatic heterocycles. The summed E-state index contributed by atoms with van der Waals surface area (Å²) < 4.78 is 10.8. The standard InChI is InChI=1S/C29H34N4O3/c1-19(2)18-33(4)29(34)24-17-31-28(32-27(24)23-12-9-22(16-30)10-13-23)20(3)7-8-21-11-14-25(35-5)26(15-21)36-6/h9-15,17,19-20H,7-8,18H2,1-6H3. The fourth-order valence-corrected chi connectivity index (χ4v) is 4.10. The molecule has 0 aliphatic heterocycles. The zero-order valence-corrected chi connectivity index (χ0v) is 21.9. The Morgan fingerprint density at radius 1 is 1.06 bits per heavy atom. The van der Waals surface area contributed by atoms with E-state index in [0.717, 1.165) is 24.0 Å². The number of carbonyl (C=O) groups is 1. The van der Waals surface area contributed by atoms with Crippen LogP contribution in [0.4, 0.5) is 0 Å². The van der Waals surface area contributed by atoms with Gasteiger partial charge in [-0.2, -0.15) is 5.26 Å². The van der Waals surface area contributed by atoms with E-state index in [2.05, 4.69) is 31.8 Å². The molecule has 0 radical (unpaired) electrons. The normalized spacial score (nSPS) is 11.6. The molecule has 0 aliphatic carbocycles. The van der Waals surface area contributed by atoms with Crippen LogP contribution in [0.5, 0.6) is 11.5 Å². The average molecular weight is 487 g/mol. The molecule has 2 aromatic carbocycles. The van der Waals surface area contributed by atoms with Crippen molar-refractivity contribution in [3.05, 3.63) is 71.2 Å². The van der Waals surface area contributed by atoms with Gasteiger partial charge in [-0.25, -0.2) is 9.97 Å². The van der Waals surface area contributed by atoms with Crippen molar-refractivity contribution in [2.45, 2.75) is 39.5 Å². The molecular formula is C29H34N4O3. The second kappa shape index (κ2) is 12.2. The number of hydrogen-bond donors (Lipinski definition) is 0. The lowest BCUT2D eigenvalue weighted by molar-refractivity contribution is 0.0779. The van der Waals surface area contributed by atoms with E-state index in [1.807, 2.05) is 30.3 Å². The van der Waals surface area contributed by atoms with Gasteiger partial charge in [0.1, 0.15) is 5.82 Å². The number of aromatic nitrogens is 2. The van der Waals surface area contributed by atoms with Crippen LogP contribution < -0.4 is 9.47 Å². The maximum absolute atomic E-state index is 13.3. The van der Waals surface area contributed by atoms with E-state index in [1.54, 1.807) is 44.5 Å². The number of aryl methyl sites for hydroxylation is 1. The van der Waals surface area contributed by atoms with Gasteiger partial charge in [0.2, 0.25) is 0 Å². The van der Waals surface area contributed by atoms with Crippen LogP contribution in [0.25, 0.3) is 11.3 Å². The number of hydrogen-bond acceptors (Lipinski definition) is 6. The van der Waals surface area contributed by atoms with Crippen molar-refractivity contribution in [1.29, 1.82) is 5.26 Å². The van der Waals surface area contributed by atoms with Crippen LogP contribution >= 0.6 is 0 Å². The summed E-state index contributed by atoms with van der Waals surface area (Å²) in [7, 11) is 5.05. The van der Waals surface area contributed by atoms with Crippen LogP contribution in [-0.2, 0) is 6.42 Å². The van der Waals surface area contributed by atoms with E-state index in [4.69, 9.17) is 14.5 Å². The highest BCUT2D eigenvalue weighted by molar-refractivity contribution is 5.99. The number of nitrogens with zero attached hydrogens (tertiary/aromatic N) is 4. The lowest BCUT2D eigenvalue weighted by Gasteiger charge is -2.21. The largest absolute Gasteiger partial charge is 0.493 e. The monoisotopic (exact) mass is 486 g/mol. The molecule has 0 spiro atoms. The number of ether oxygens (including phenoxy) is 2. The summed E-state index contributed by atoms with van der Waals surface area (Å²) >= 11 is 0. The number of carbonyl (C=O) groups excluding carboxylic acids is 1. The minimum Gasteiger partial charge on any atom is -0.493 e. The molecule has 0 saturated carbocycles. The van der Waals surface area contributed by atoms with Crippen LogP contribution in [0, 0.1) is 17.2 Å². The van der Waals surface area contributed by atoms with Gasteiger partial charge in [-0.15, -0.1) is 0 Å². The number of methoxy groups -OCH3 is 2. The molecule has 0 fully saturated rings. The summed E-state index contributed by atoms with van der Waals surface area (Å²) in [5, 5.41) is 9.18. The van der Waals surface area contributed by atoms with Crippen LogP contribution in [0.3, 0.4) is 0 Å². The molecule has 0 bridgehead atoms. The molecule has 0 N–H and O–H groups in total. The van der Waals surface area contributed by atoms with E-state index in [1.165, 1.54) is 0 Å². The van der Waals surface area contributed by atoms with Crippen molar-refractivity contribution >= 4 is 5.91 Å². The van der Waals surface area contributed by atoms with Gasteiger partial charge >= 0.3 is 0 Å². The Labute approximate surface area is 213 Å². The van der Waals surface area contributed by atoms with Gasteiger partial charge in [0.05, 0.1) is 37.1 Å². The zero-order chi connectivity index (χ0) is 26.2. The highest BCUT2D eigenvalue weighted by Gasteiger charge is 2.22. The molecular weight excluding hydrogens is 452 g/mol. The molecule has 0 aliphatic rings. The van der Waals surface area contributed by atoms with Gasteiger partial charge < -0.3 is 14.4 Å². The Bertz CT molecular complexity index is 1230. The molecule has 3 aromatic rings. The molecule has 7 heteroatoms. The topological polar surface area (TPSA) is 88.3 Å². The highest BCUT2D eigenvalue weighted by atomic mass is 16.5. The molecule has 1 amide bonds. The van der Waals surface area contributed by atoms with E-state index in [9.17, 15) is 10.1 Å². The van der Waals surface area contributed by atoms with Crippen molar-refractivity contribution in [2.24, 2.45) is 5.92 Å². The summed E-state index contributed by atoms with van der Waals surface area (Å²) in [4.78, 5) is 24.4. The summed E-state index contributed by atoms with van der Waals surface area (Å²) in [6.45, 7) is 6.87. The predicted molar refractivity (Wildman–Crippen MR) is 140 cm³/mol. The first-order valence-corrected chi connectivity index (χ1v) is 12.1. The van der Waals surface area contributed by atoms with Crippen LogP contribution in [-0.4, -0.2) is 48.6 Å². The fourth-order valence-electron chi connectivity index (χ4n) is 4.10. The van der Waals surface area contributed by atoms with E-state index in [-0.39, 0.29) is 11.8 Å². The average Bonchev–Trinajstić information content (AvgIpc) is 2.90. The maximum Gasteiger partial charge on any atom is 0.257 e. The first-order valence-electron chi connectivity index (χ1n) is 12.1. The van der Waals surface area contributed by atoms with Crippen molar-refractivity contribution in [3.63, 3.8) is 0 Å². The van der Waals surface area contributed by atoms with Gasteiger partial charge in [-0.3, -0.25) is 4.79 Å². The molecule has 1 atom stereocenters. The minimum absolute atomic E-state index is 0.0628. The van der Waals surface area contributed by atoms with Crippen LogP contribution in [0.1, 0.15) is 60.4 Å². The Morgan fingerprint density at radius 3 is 2.36 bits per heavy atom. The van der Waals surface area contributed by atoms with Gasteiger partial charge in [-0.05, 0) is 48.6 Å². The van der Waals surface area contributed by atoms with Crippen molar-refractivity contribution in [3.8, 4) is 28.8 Å². The van der Waals surface area contributed by atoms with Crippen molar-refractivity contribution < 1.29 is 14.3 Å². The Morgan fingerprint density at radius 2 is 1.75 bits per heavy atom. The quantitative estimate of drug-likeness (QED) is 0.376. The zero-order valence-electron chi connectivity index (χ0n) is 21.9. The summed E-state index contributed by atoms with van der Waals surface area (Å²) in [6, 6.07) is 15.2. The fraction of sp³-hybridized carbons (Fsp3) is 0.379. The predicted octanol–water partition coefficient (Wildman–Crippen LogP) is 5.50. The maximum atomic E-state index is 13.3. The second-order valence-corrected chi connectivity index (χ2v) is 9.39. The molecule has 36 heavy (non-hydrogen) atoms. The number of benzene rings is 2. The third-order valence-corrected chi connectivity index (χ3v) is 6.07. The number of rotatable bonds is 10. The van der Waals surface area contributed by atoms with Crippen molar-refractivity contribution in [2.75, 3.05) is 27.8 Å². The number of nitriles is 1. The van der Waals surface area contributed by atoms with Gasteiger partial charge in [0, 0.05) is 31.3 Å². The van der Waals surface area contributed by atoms with E-state index < -0.39 is 0 Å². The Hall–Kier alpha value is -3.92. The molecule has 1 heterocycles. The van der Waals surface area contributed by atoms with Gasteiger partial charge in [-0.1, -0.05) is 39.0 Å². The molecule has 3 rings (SSSR count). The first-order chi connectivity index (χ1) is 17.3. The molecule has 188 valence electrons. The SMILES string of the molecule is COc1ccc(CCC(C)c2ncc(C(=O)N(C)CC(C)C)c(-c3ccc(C#N)cc3)n2)cc1OC. The first kappa shape index (κ1) is 26.7. The number of amides is 1. The van der Waals surface area contributed by atoms with Crippen LogP contribution in [0.2, 0.25) is 0 Å². The van der Waals surface area contributed by atoms with E-state index >= 15 is 0 Å². The van der Waals surface area contributed by atoms with E-state index in [0.29, 0.717) is 46.6 Å². The minimum atomic E-state index is -0.118. The molecule has 1 unspecified atom stereocenters. The summed E-state index contributed by atoms with van der Waals surface area (Å²) in [6.07, 6.45) is 3.28. The summed E-state index contributed by atoms with van der Waals surface area (Å²) in [5.74, 6) is 2.37. The smallest absolute Gasteiger partial charge is 0.257 e. The lowest BCUT2D eigenvalue weighted by atomic mass is 9.99. The highest BCUT2D eigenvalue weighted by Crippen LogP contribution is 2.30. The molecule has 7 nitrogen and oxygen atoms in total. The van der Waals surface area contributed by atoms with Crippen LogP contribution in [0.15, 0.2) is 48.7 Å². The lowest BCUT2D eigenvalue weighted by Crippen LogP contribution is -2.31. The third-order valence-electron chi connectivity index (χ3n) is 6.07. The van der Waals surface area contributed by atoms with Crippen molar-refractivity contribution in [1.82, 2.24) is 14.9 Å². The third kappa shape index (κ3) is 6.39. The molecule has 0 saturated heterocycles.